The van der Waals surface area contributed by atoms with Crippen LogP contribution in [0.3, 0.4) is 0 Å². The molecule has 41 heavy (non-hydrogen) atoms. The predicted octanol–water partition coefficient (Wildman–Crippen LogP) is 7.36. The molecule has 0 unspecified atom stereocenters. The van der Waals surface area contributed by atoms with Gasteiger partial charge in [-0.05, 0) is 46.9 Å². The van der Waals surface area contributed by atoms with Gasteiger partial charge in [0.05, 0.1) is 0 Å². The van der Waals surface area contributed by atoms with E-state index in [0.717, 1.165) is 29.5 Å². The molecule has 0 aliphatic rings. The van der Waals surface area contributed by atoms with Crippen LogP contribution in [0.5, 0.6) is 0 Å². The van der Waals surface area contributed by atoms with E-state index in [1.165, 1.54) is 51.4 Å². The summed E-state index contributed by atoms with van der Waals surface area (Å²) < 4.78 is 5.16. The van der Waals surface area contributed by atoms with Crippen molar-refractivity contribution in [2.75, 3.05) is 6.54 Å². The maximum Gasteiger partial charge on any atom is 0.397 e. The maximum absolute atomic E-state index is 12.4. The first kappa shape index (κ1) is 31.6. The van der Waals surface area contributed by atoms with E-state index >= 15 is 0 Å². The van der Waals surface area contributed by atoms with Crippen LogP contribution in [0.15, 0.2) is 78.9 Å². The molecule has 0 aliphatic carbocycles. The van der Waals surface area contributed by atoms with Crippen LogP contribution < -0.4 is 10.6 Å². The maximum atomic E-state index is 12.4. The molecule has 6 nitrogen and oxygen atoms in total. The Morgan fingerprint density at radius 3 is 1.95 bits per heavy atom. The molecular weight excluding hydrogens is 512 g/mol. The number of unbranched alkanes of at least 4 members (excludes halogenated alkanes) is 9. The molecule has 6 heteroatoms. The van der Waals surface area contributed by atoms with Gasteiger partial charge in [-0.1, -0.05) is 125 Å². The molecule has 0 saturated carbocycles. The summed E-state index contributed by atoms with van der Waals surface area (Å²) in [6.45, 7) is 3.08. The van der Waals surface area contributed by atoms with Crippen molar-refractivity contribution in [1.29, 1.82) is 0 Å². The summed E-state index contributed by atoms with van der Waals surface area (Å²) in [5.41, 5.74) is 4.26. The van der Waals surface area contributed by atoms with Crippen molar-refractivity contribution in [3.63, 3.8) is 0 Å². The monoisotopic (exact) mass is 556 g/mol. The second kappa shape index (κ2) is 18.4. The number of carbonyl (C=O) groups excluding carboxylic acids is 3. The molecule has 0 radical (unpaired) electrons. The van der Waals surface area contributed by atoms with Gasteiger partial charge in [-0.25, -0.2) is 4.79 Å². The molecule has 0 spiro atoms. The lowest BCUT2D eigenvalue weighted by atomic mass is 10.0. The second-order valence-electron chi connectivity index (χ2n) is 10.5. The fourth-order valence-electron chi connectivity index (χ4n) is 4.63. The van der Waals surface area contributed by atoms with E-state index < -0.39 is 11.9 Å². The normalized spacial score (nSPS) is 10.7. The zero-order valence-corrected chi connectivity index (χ0v) is 24.3. The quantitative estimate of drug-likeness (QED) is 0.103. The van der Waals surface area contributed by atoms with Crippen LogP contribution >= 0.6 is 0 Å². The number of ether oxygens (including phenoxy) is 1. The van der Waals surface area contributed by atoms with E-state index in [1.54, 1.807) is 24.3 Å². The number of amides is 2. The molecule has 0 heterocycles. The molecule has 2 amide bonds. The number of hydrogen-bond donors (Lipinski definition) is 2. The number of benzene rings is 3. The highest BCUT2D eigenvalue weighted by Crippen LogP contribution is 2.20. The van der Waals surface area contributed by atoms with Gasteiger partial charge in [-0.15, -0.1) is 0 Å². The third-order valence-corrected chi connectivity index (χ3v) is 7.07. The van der Waals surface area contributed by atoms with Crippen LogP contribution in [0, 0.1) is 0 Å². The first-order chi connectivity index (χ1) is 20.1. The van der Waals surface area contributed by atoms with Gasteiger partial charge in [0, 0.05) is 18.7 Å². The number of nitrogens with one attached hydrogen (secondary N) is 2. The van der Waals surface area contributed by atoms with Crippen molar-refractivity contribution in [3.05, 3.63) is 95.6 Å². The molecule has 3 rings (SSSR count). The Kier molecular flexibility index (Phi) is 14.2. The lowest BCUT2D eigenvalue weighted by molar-refractivity contribution is -0.155. The lowest BCUT2D eigenvalue weighted by Gasteiger charge is -2.09. The van der Waals surface area contributed by atoms with Gasteiger partial charge in [0.1, 0.15) is 6.61 Å². The summed E-state index contributed by atoms with van der Waals surface area (Å²) in [5.74, 6) is -1.85. The third kappa shape index (κ3) is 12.0. The van der Waals surface area contributed by atoms with Crippen LogP contribution in [-0.2, 0) is 27.5 Å². The Bertz CT molecular complexity index is 1210. The highest BCUT2D eigenvalue weighted by Gasteiger charge is 2.15. The van der Waals surface area contributed by atoms with E-state index in [4.69, 9.17) is 4.74 Å². The van der Waals surface area contributed by atoms with Gasteiger partial charge in [-0.3, -0.25) is 9.59 Å². The Hall–Kier alpha value is -3.93. The van der Waals surface area contributed by atoms with Gasteiger partial charge >= 0.3 is 11.9 Å². The minimum absolute atomic E-state index is 0.0454. The fourth-order valence-corrected chi connectivity index (χ4v) is 4.63. The van der Waals surface area contributed by atoms with Gasteiger partial charge in [0.25, 0.3) is 5.91 Å². The molecule has 2 N–H and O–H groups in total. The summed E-state index contributed by atoms with van der Waals surface area (Å²) >= 11 is 0. The minimum Gasteiger partial charge on any atom is -0.454 e. The molecule has 0 fully saturated rings. The fraction of sp³-hybridized carbons (Fsp3) is 0.400. The molecule has 218 valence electrons. The van der Waals surface area contributed by atoms with E-state index in [9.17, 15) is 14.4 Å². The number of carbonyl (C=O) groups is 3. The zero-order chi connectivity index (χ0) is 29.1. The Balaban J connectivity index is 1.29. The second-order valence-corrected chi connectivity index (χ2v) is 10.5. The largest absolute Gasteiger partial charge is 0.454 e. The first-order valence-corrected chi connectivity index (χ1v) is 15.0. The molecule has 0 aromatic heterocycles. The van der Waals surface area contributed by atoms with Crippen LogP contribution in [-0.4, -0.2) is 24.3 Å². The summed E-state index contributed by atoms with van der Waals surface area (Å²) in [6.07, 6.45) is 12.6. The Morgan fingerprint density at radius 2 is 1.27 bits per heavy atom. The first-order valence-electron chi connectivity index (χ1n) is 15.0. The topological polar surface area (TPSA) is 84.5 Å². The van der Waals surface area contributed by atoms with Crippen molar-refractivity contribution in [1.82, 2.24) is 10.6 Å². The standard InChI is InChI=1S/C35H44N2O4/c1-2-3-4-5-6-7-8-9-10-14-24-36-33(38)31-22-20-28(21-23-31)27-41-35(40)34(39)37-26-29-16-15-19-32(25-29)30-17-12-11-13-18-30/h11-13,15-23,25H,2-10,14,24,26-27H2,1H3,(H,36,38)(H,37,39). The molecule has 0 saturated heterocycles. The third-order valence-electron chi connectivity index (χ3n) is 7.07. The van der Waals surface area contributed by atoms with Gasteiger partial charge in [-0.2, -0.15) is 0 Å². The molecule has 0 atom stereocenters. The summed E-state index contributed by atoms with van der Waals surface area (Å²) in [6, 6.07) is 24.6. The van der Waals surface area contributed by atoms with Crippen molar-refractivity contribution in [2.45, 2.75) is 84.3 Å². The summed E-state index contributed by atoms with van der Waals surface area (Å²) in [5, 5.41) is 5.59. The van der Waals surface area contributed by atoms with Crippen LogP contribution in [0.25, 0.3) is 11.1 Å². The van der Waals surface area contributed by atoms with Crippen molar-refractivity contribution < 1.29 is 19.1 Å². The van der Waals surface area contributed by atoms with E-state index in [0.29, 0.717) is 17.7 Å². The smallest absolute Gasteiger partial charge is 0.397 e. The van der Waals surface area contributed by atoms with Crippen LogP contribution in [0.4, 0.5) is 0 Å². The molecule has 0 aliphatic heterocycles. The summed E-state index contributed by atoms with van der Waals surface area (Å²) in [4.78, 5) is 36.8. The van der Waals surface area contributed by atoms with E-state index in [-0.39, 0.29) is 19.1 Å². The average Bonchev–Trinajstić information content (AvgIpc) is 3.02. The highest BCUT2D eigenvalue weighted by molar-refractivity contribution is 6.32. The number of esters is 1. The minimum atomic E-state index is -0.942. The van der Waals surface area contributed by atoms with Crippen molar-refractivity contribution in [2.24, 2.45) is 0 Å². The zero-order valence-electron chi connectivity index (χ0n) is 24.3. The molecular formula is C35H44N2O4. The predicted molar refractivity (Wildman–Crippen MR) is 164 cm³/mol. The molecule has 3 aromatic carbocycles. The van der Waals surface area contributed by atoms with Gasteiger partial charge < -0.3 is 15.4 Å². The Morgan fingerprint density at radius 1 is 0.634 bits per heavy atom. The van der Waals surface area contributed by atoms with Gasteiger partial charge in [0.15, 0.2) is 0 Å². The van der Waals surface area contributed by atoms with Crippen molar-refractivity contribution >= 4 is 17.8 Å². The molecule has 3 aromatic rings. The van der Waals surface area contributed by atoms with Crippen LogP contribution in [0.1, 0.15) is 92.6 Å². The molecule has 0 bridgehead atoms. The lowest BCUT2D eigenvalue weighted by Crippen LogP contribution is -2.32. The highest BCUT2D eigenvalue weighted by atomic mass is 16.5. The van der Waals surface area contributed by atoms with E-state index in [1.807, 2.05) is 54.6 Å². The van der Waals surface area contributed by atoms with E-state index in [2.05, 4.69) is 17.6 Å². The van der Waals surface area contributed by atoms with Crippen molar-refractivity contribution in [3.8, 4) is 11.1 Å². The van der Waals surface area contributed by atoms with Crippen LogP contribution in [0.2, 0.25) is 0 Å². The number of rotatable bonds is 17. The van der Waals surface area contributed by atoms with Gasteiger partial charge in [0.2, 0.25) is 0 Å². The SMILES string of the molecule is CCCCCCCCCCCCNC(=O)c1ccc(COC(=O)C(=O)NCc2cccc(-c3ccccc3)c2)cc1. The Labute approximate surface area is 244 Å². The summed E-state index contributed by atoms with van der Waals surface area (Å²) in [7, 11) is 0. The number of hydrogen-bond acceptors (Lipinski definition) is 4. The average molecular weight is 557 g/mol.